The van der Waals surface area contributed by atoms with Gasteiger partial charge >= 0.3 is 0 Å². The summed E-state index contributed by atoms with van der Waals surface area (Å²) >= 11 is 4.84. The summed E-state index contributed by atoms with van der Waals surface area (Å²) in [4.78, 5) is 25.0. The molecule has 144 valence electrons. The van der Waals surface area contributed by atoms with Gasteiger partial charge in [0.2, 0.25) is 17.8 Å². The number of thioether (sulfide) groups is 1. The van der Waals surface area contributed by atoms with Crippen molar-refractivity contribution < 1.29 is 4.79 Å². The molecule has 0 fully saturated rings. The standard InChI is InChI=1S/C19H19BrN6OS/c1-12(28-11-16(27)23-15-10-6-5-9-14(15)20)17-24-18(21)26-19(25-17)22-13-7-3-2-4-8-13/h2-10,12H,11H2,1H3,(H,23,27)(H3,21,22,24,25,26)/t12-/m0/s1. The van der Waals surface area contributed by atoms with E-state index in [1.165, 1.54) is 11.8 Å². The zero-order valence-corrected chi connectivity index (χ0v) is 17.5. The van der Waals surface area contributed by atoms with Crippen molar-refractivity contribution in [2.24, 2.45) is 0 Å². The van der Waals surface area contributed by atoms with Crippen molar-refractivity contribution in [3.63, 3.8) is 0 Å². The lowest BCUT2D eigenvalue weighted by Gasteiger charge is -2.13. The smallest absolute Gasteiger partial charge is 0.234 e. The average Bonchev–Trinajstić information content (AvgIpc) is 2.68. The molecule has 28 heavy (non-hydrogen) atoms. The van der Waals surface area contributed by atoms with E-state index in [4.69, 9.17) is 5.73 Å². The largest absolute Gasteiger partial charge is 0.368 e. The molecule has 1 amide bonds. The van der Waals surface area contributed by atoms with E-state index in [-0.39, 0.29) is 22.9 Å². The predicted molar refractivity (Wildman–Crippen MR) is 118 cm³/mol. The van der Waals surface area contributed by atoms with E-state index in [1.54, 1.807) is 0 Å². The molecule has 0 spiro atoms. The number of aromatic nitrogens is 3. The van der Waals surface area contributed by atoms with Crippen LogP contribution in [0.15, 0.2) is 59.1 Å². The molecule has 0 aliphatic heterocycles. The molecule has 0 aliphatic rings. The van der Waals surface area contributed by atoms with E-state index < -0.39 is 0 Å². The van der Waals surface area contributed by atoms with Crippen molar-refractivity contribution in [3.8, 4) is 0 Å². The third kappa shape index (κ3) is 5.67. The van der Waals surface area contributed by atoms with Gasteiger partial charge in [-0.25, -0.2) is 0 Å². The van der Waals surface area contributed by atoms with E-state index >= 15 is 0 Å². The minimum absolute atomic E-state index is 0.103. The summed E-state index contributed by atoms with van der Waals surface area (Å²) in [5.41, 5.74) is 7.42. The van der Waals surface area contributed by atoms with Crippen LogP contribution in [-0.4, -0.2) is 26.6 Å². The van der Waals surface area contributed by atoms with Crippen LogP contribution in [0.2, 0.25) is 0 Å². The van der Waals surface area contributed by atoms with Gasteiger partial charge in [-0.3, -0.25) is 4.79 Å². The molecule has 0 saturated heterocycles. The van der Waals surface area contributed by atoms with Crippen molar-refractivity contribution in [2.75, 3.05) is 22.1 Å². The third-order valence-corrected chi connectivity index (χ3v) is 5.51. The van der Waals surface area contributed by atoms with Gasteiger partial charge in [-0.2, -0.15) is 15.0 Å². The molecule has 0 aliphatic carbocycles. The summed E-state index contributed by atoms with van der Waals surface area (Å²) in [7, 11) is 0. The zero-order valence-electron chi connectivity index (χ0n) is 15.1. The van der Waals surface area contributed by atoms with Crippen LogP contribution in [0.25, 0.3) is 0 Å². The van der Waals surface area contributed by atoms with Crippen LogP contribution in [0, 0.1) is 0 Å². The normalized spacial score (nSPS) is 11.6. The van der Waals surface area contributed by atoms with Gasteiger partial charge in [-0.15, -0.1) is 11.8 Å². The van der Waals surface area contributed by atoms with Gasteiger partial charge in [0.05, 0.1) is 16.7 Å². The summed E-state index contributed by atoms with van der Waals surface area (Å²) < 4.78 is 0.836. The van der Waals surface area contributed by atoms with Gasteiger partial charge in [-0.05, 0) is 47.1 Å². The molecule has 2 aromatic carbocycles. The van der Waals surface area contributed by atoms with Gasteiger partial charge in [0.1, 0.15) is 5.82 Å². The van der Waals surface area contributed by atoms with Crippen LogP contribution in [-0.2, 0) is 4.79 Å². The first kappa shape index (κ1) is 20.1. The Bertz CT molecular complexity index is 956. The molecule has 4 N–H and O–H groups in total. The highest BCUT2D eigenvalue weighted by Gasteiger charge is 2.15. The number of carbonyl (C=O) groups is 1. The number of nitrogens with one attached hydrogen (secondary N) is 2. The lowest BCUT2D eigenvalue weighted by molar-refractivity contribution is -0.113. The SMILES string of the molecule is C[C@H](SCC(=O)Nc1ccccc1Br)c1nc(N)nc(Nc2ccccc2)n1. The fraction of sp³-hybridized carbons (Fsp3) is 0.158. The van der Waals surface area contributed by atoms with Gasteiger partial charge in [0, 0.05) is 10.2 Å². The van der Waals surface area contributed by atoms with Crippen molar-refractivity contribution in [2.45, 2.75) is 12.2 Å². The number of anilines is 4. The number of hydrogen-bond donors (Lipinski definition) is 3. The van der Waals surface area contributed by atoms with Crippen LogP contribution >= 0.6 is 27.7 Å². The Morgan fingerprint density at radius 1 is 1.11 bits per heavy atom. The molecule has 1 aromatic heterocycles. The lowest BCUT2D eigenvalue weighted by atomic mass is 10.3. The number of rotatable bonds is 7. The van der Waals surface area contributed by atoms with Gasteiger partial charge in [-0.1, -0.05) is 30.3 Å². The average molecular weight is 459 g/mol. The third-order valence-electron chi connectivity index (χ3n) is 3.68. The summed E-state index contributed by atoms with van der Waals surface area (Å²) in [6.45, 7) is 1.93. The van der Waals surface area contributed by atoms with E-state index in [9.17, 15) is 4.79 Å². The molecule has 0 radical (unpaired) electrons. The number of benzene rings is 2. The zero-order chi connectivity index (χ0) is 19.9. The summed E-state index contributed by atoms with van der Waals surface area (Å²) in [5, 5.41) is 5.85. The van der Waals surface area contributed by atoms with E-state index in [1.807, 2.05) is 61.5 Å². The quantitative estimate of drug-likeness (QED) is 0.481. The highest BCUT2D eigenvalue weighted by Crippen LogP contribution is 2.27. The molecular weight excluding hydrogens is 440 g/mol. The predicted octanol–water partition coefficient (Wildman–Crippen LogP) is 4.39. The monoisotopic (exact) mass is 458 g/mol. The molecule has 0 bridgehead atoms. The molecule has 0 saturated carbocycles. The second-order valence-corrected chi connectivity index (χ2v) is 8.03. The molecule has 7 nitrogen and oxygen atoms in total. The lowest BCUT2D eigenvalue weighted by Crippen LogP contribution is -2.15. The highest BCUT2D eigenvalue weighted by atomic mass is 79.9. The Balaban J connectivity index is 1.61. The number of nitrogens with two attached hydrogens (primary N) is 1. The van der Waals surface area contributed by atoms with Crippen molar-refractivity contribution in [1.82, 2.24) is 15.0 Å². The Labute approximate surface area is 175 Å². The number of nitrogen functional groups attached to an aromatic ring is 1. The maximum atomic E-state index is 12.2. The van der Waals surface area contributed by atoms with Crippen LogP contribution < -0.4 is 16.4 Å². The minimum Gasteiger partial charge on any atom is -0.368 e. The number of hydrogen-bond acceptors (Lipinski definition) is 7. The first-order chi connectivity index (χ1) is 13.5. The first-order valence-electron chi connectivity index (χ1n) is 8.51. The fourth-order valence-electron chi connectivity index (χ4n) is 2.32. The van der Waals surface area contributed by atoms with Crippen LogP contribution in [0.5, 0.6) is 0 Å². The number of halogens is 1. The van der Waals surface area contributed by atoms with Crippen molar-refractivity contribution in [3.05, 3.63) is 64.9 Å². The van der Waals surface area contributed by atoms with Gasteiger partial charge in [0.25, 0.3) is 0 Å². The van der Waals surface area contributed by atoms with Crippen LogP contribution in [0.3, 0.4) is 0 Å². The number of nitrogens with zero attached hydrogens (tertiary/aromatic N) is 3. The summed E-state index contributed by atoms with van der Waals surface area (Å²) in [6.07, 6.45) is 0. The topological polar surface area (TPSA) is 106 Å². The Morgan fingerprint density at radius 2 is 1.82 bits per heavy atom. The number of carbonyl (C=O) groups excluding carboxylic acids is 1. The second-order valence-electron chi connectivity index (χ2n) is 5.85. The molecule has 1 heterocycles. The Hall–Kier alpha value is -2.65. The molecule has 1 atom stereocenters. The maximum absolute atomic E-state index is 12.2. The van der Waals surface area contributed by atoms with Crippen molar-refractivity contribution >= 4 is 56.9 Å². The minimum atomic E-state index is -0.133. The van der Waals surface area contributed by atoms with E-state index in [2.05, 4.69) is 41.5 Å². The molecule has 0 unspecified atom stereocenters. The van der Waals surface area contributed by atoms with Gasteiger partial charge in [0.15, 0.2) is 0 Å². The number of amides is 1. The fourth-order valence-corrected chi connectivity index (χ4v) is 3.43. The van der Waals surface area contributed by atoms with Crippen LogP contribution in [0.1, 0.15) is 18.0 Å². The second kappa shape index (κ2) is 9.52. The molecule has 9 heteroatoms. The Kier molecular flexibility index (Phi) is 6.83. The van der Waals surface area contributed by atoms with E-state index in [0.717, 1.165) is 15.8 Å². The summed E-state index contributed by atoms with van der Waals surface area (Å²) in [6, 6.07) is 17.0. The first-order valence-corrected chi connectivity index (χ1v) is 10.3. The van der Waals surface area contributed by atoms with E-state index in [0.29, 0.717) is 11.8 Å². The van der Waals surface area contributed by atoms with Gasteiger partial charge < -0.3 is 16.4 Å². The Morgan fingerprint density at radius 3 is 2.57 bits per heavy atom. The molecule has 3 aromatic rings. The highest BCUT2D eigenvalue weighted by molar-refractivity contribution is 9.10. The molecule has 3 rings (SSSR count). The molecular formula is C19H19BrN6OS. The maximum Gasteiger partial charge on any atom is 0.234 e. The van der Waals surface area contributed by atoms with Crippen LogP contribution in [0.4, 0.5) is 23.3 Å². The van der Waals surface area contributed by atoms with Crippen molar-refractivity contribution in [1.29, 1.82) is 0 Å². The summed E-state index contributed by atoms with van der Waals surface area (Å²) in [5.74, 6) is 1.18. The number of para-hydroxylation sites is 2.